The van der Waals surface area contributed by atoms with E-state index in [0.29, 0.717) is 22.5 Å². The van der Waals surface area contributed by atoms with Gasteiger partial charge >= 0.3 is 0 Å². The number of carbonyl (C=O) groups excluding carboxylic acids is 1. The molecule has 1 aromatic heterocycles. The van der Waals surface area contributed by atoms with Crippen LogP contribution in [0, 0.1) is 11.3 Å². The van der Waals surface area contributed by atoms with E-state index >= 15 is 0 Å². The van der Waals surface area contributed by atoms with E-state index in [1.54, 1.807) is 36.4 Å². The van der Waals surface area contributed by atoms with Crippen LogP contribution in [0.25, 0.3) is 22.4 Å². The third kappa shape index (κ3) is 5.61. The van der Waals surface area contributed by atoms with Gasteiger partial charge in [-0.05, 0) is 66.2 Å². The zero-order valence-electron chi connectivity index (χ0n) is 22.4. The molecule has 0 atom stereocenters. The van der Waals surface area contributed by atoms with E-state index < -0.39 is 8.32 Å². The van der Waals surface area contributed by atoms with E-state index in [0.717, 1.165) is 16.9 Å². The molecule has 0 fully saturated rings. The van der Waals surface area contributed by atoms with Crippen LogP contribution < -0.4 is 15.5 Å². The van der Waals surface area contributed by atoms with Gasteiger partial charge in [0.25, 0.3) is 14.2 Å². The fourth-order valence-corrected chi connectivity index (χ4v) is 4.82. The zero-order valence-corrected chi connectivity index (χ0v) is 23.4. The molecule has 4 rings (SSSR count). The summed E-state index contributed by atoms with van der Waals surface area (Å²) in [5.74, 6) is 0.546. The van der Waals surface area contributed by atoms with Gasteiger partial charge in [0.2, 0.25) is 0 Å². The van der Waals surface area contributed by atoms with Gasteiger partial charge in [-0.3, -0.25) is 4.79 Å². The number of aromatic nitrogens is 1. The van der Waals surface area contributed by atoms with E-state index in [9.17, 15) is 10.1 Å². The van der Waals surface area contributed by atoms with Crippen LogP contribution in [0.5, 0.6) is 5.75 Å². The first-order valence-corrected chi connectivity index (χ1v) is 15.4. The first kappa shape index (κ1) is 26.6. The van der Waals surface area contributed by atoms with Crippen molar-refractivity contribution in [2.75, 3.05) is 11.1 Å². The van der Waals surface area contributed by atoms with Crippen LogP contribution in [-0.4, -0.2) is 19.2 Å². The van der Waals surface area contributed by atoms with Gasteiger partial charge in [0, 0.05) is 22.4 Å². The third-order valence-electron chi connectivity index (χ3n) is 6.93. The SMILES string of the molecule is CC(C)(C)[Si](C)(C)Oc1ccccc1-c1cc(-c2cccc(N)c2)c(C#N)c(NC(=O)c2ccccc2)n1. The van der Waals surface area contributed by atoms with E-state index in [-0.39, 0.29) is 22.3 Å². The third-order valence-corrected chi connectivity index (χ3v) is 11.3. The van der Waals surface area contributed by atoms with Crippen LogP contribution in [0.4, 0.5) is 11.5 Å². The molecule has 4 aromatic rings. The van der Waals surface area contributed by atoms with Crippen molar-refractivity contribution in [3.63, 3.8) is 0 Å². The number of rotatable bonds is 6. The summed E-state index contributed by atoms with van der Waals surface area (Å²) in [6.07, 6.45) is 0. The number of amides is 1. The maximum absolute atomic E-state index is 13.1. The molecule has 0 bridgehead atoms. The first-order valence-electron chi connectivity index (χ1n) is 12.5. The lowest BCUT2D eigenvalue weighted by Gasteiger charge is -2.37. The molecule has 38 heavy (non-hydrogen) atoms. The number of anilines is 2. The van der Waals surface area contributed by atoms with Gasteiger partial charge in [-0.25, -0.2) is 4.98 Å². The molecular formula is C31H32N4O2Si. The fourth-order valence-electron chi connectivity index (χ4n) is 3.79. The largest absolute Gasteiger partial charge is 0.543 e. The number of pyridine rings is 1. The first-order chi connectivity index (χ1) is 18.0. The normalized spacial score (nSPS) is 11.5. The Labute approximate surface area is 225 Å². The van der Waals surface area contributed by atoms with Crippen molar-refractivity contribution in [3.05, 3.63) is 96.1 Å². The average Bonchev–Trinajstić information content (AvgIpc) is 2.88. The Morgan fingerprint density at radius 1 is 0.947 bits per heavy atom. The number of nitrogens with two attached hydrogens (primary N) is 1. The summed E-state index contributed by atoms with van der Waals surface area (Å²) in [5.41, 5.74) is 10.1. The lowest BCUT2D eigenvalue weighted by molar-refractivity contribution is 0.102. The van der Waals surface area contributed by atoms with Gasteiger partial charge in [-0.15, -0.1) is 0 Å². The Kier molecular flexibility index (Phi) is 7.38. The molecule has 0 aliphatic heterocycles. The van der Waals surface area contributed by atoms with Crippen LogP contribution in [0.3, 0.4) is 0 Å². The maximum Gasteiger partial charge on any atom is 0.256 e. The number of nitrogen functional groups attached to an aromatic ring is 1. The van der Waals surface area contributed by atoms with Crippen molar-refractivity contribution in [3.8, 4) is 34.2 Å². The van der Waals surface area contributed by atoms with Gasteiger partial charge in [-0.1, -0.05) is 63.2 Å². The number of nitriles is 1. The molecule has 0 aliphatic rings. The molecule has 3 aromatic carbocycles. The molecule has 7 heteroatoms. The topological polar surface area (TPSA) is 101 Å². The van der Waals surface area contributed by atoms with Crippen molar-refractivity contribution in [2.24, 2.45) is 0 Å². The number of benzene rings is 3. The summed E-state index contributed by atoms with van der Waals surface area (Å²) in [6, 6.07) is 28.0. The van der Waals surface area contributed by atoms with Gasteiger partial charge in [0.05, 0.1) is 5.69 Å². The van der Waals surface area contributed by atoms with E-state index in [1.165, 1.54) is 0 Å². The Hall–Kier alpha value is -4.41. The molecule has 0 aliphatic carbocycles. The number of nitrogens with zero attached hydrogens (tertiary/aromatic N) is 2. The Morgan fingerprint density at radius 3 is 2.29 bits per heavy atom. The predicted molar refractivity (Wildman–Crippen MR) is 156 cm³/mol. The van der Waals surface area contributed by atoms with Gasteiger partial charge in [0.15, 0.2) is 5.82 Å². The summed E-state index contributed by atoms with van der Waals surface area (Å²) in [4.78, 5) is 17.9. The molecule has 0 saturated carbocycles. The molecule has 1 heterocycles. The van der Waals surface area contributed by atoms with Crippen molar-refractivity contribution in [1.29, 1.82) is 5.26 Å². The van der Waals surface area contributed by atoms with Crippen molar-refractivity contribution >= 4 is 25.7 Å². The van der Waals surface area contributed by atoms with E-state index in [2.05, 4.69) is 45.3 Å². The van der Waals surface area contributed by atoms with E-state index in [1.807, 2.05) is 48.5 Å². The second-order valence-corrected chi connectivity index (χ2v) is 15.4. The highest BCUT2D eigenvalue weighted by molar-refractivity contribution is 6.74. The van der Waals surface area contributed by atoms with Crippen LogP contribution in [0.15, 0.2) is 84.9 Å². The summed E-state index contributed by atoms with van der Waals surface area (Å²) in [5, 5.41) is 13.0. The summed E-state index contributed by atoms with van der Waals surface area (Å²) in [6.45, 7) is 11.0. The Morgan fingerprint density at radius 2 is 1.63 bits per heavy atom. The lowest BCUT2D eigenvalue weighted by atomic mass is 9.97. The van der Waals surface area contributed by atoms with Crippen molar-refractivity contribution in [1.82, 2.24) is 4.98 Å². The van der Waals surface area contributed by atoms with Gasteiger partial charge in [0.1, 0.15) is 17.4 Å². The van der Waals surface area contributed by atoms with Gasteiger partial charge in [-0.2, -0.15) is 5.26 Å². The van der Waals surface area contributed by atoms with Crippen LogP contribution in [0.1, 0.15) is 36.7 Å². The van der Waals surface area contributed by atoms with E-state index in [4.69, 9.17) is 15.1 Å². The quantitative estimate of drug-likeness (QED) is 0.202. The molecule has 0 unspecified atom stereocenters. The monoisotopic (exact) mass is 520 g/mol. The van der Waals surface area contributed by atoms with Crippen molar-refractivity contribution < 1.29 is 9.22 Å². The number of para-hydroxylation sites is 1. The minimum Gasteiger partial charge on any atom is -0.543 e. The zero-order chi connectivity index (χ0) is 27.5. The molecule has 1 amide bonds. The predicted octanol–water partition coefficient (Wildman–Crippen LogP) is 7.51. The molecule has 6 nitrogen and oxygen atoms in total. The van der Waals surface area contributed by atoms with Gasteiger partial charge < -0.3 is 15.5 Å². The average molecular weight is 521 g/mol. The molecule has 3 N–H and O–H groups in total. The minimum atomic E-state index is -2.16. The highest BCUT2D eigenvalue weighted by Crippen LogP contribution is 2.41. The molecule has 0 saturated heterocycles. The standard InChI is InChI=1S/C31H32N4O2Si/c1-31(2,3)38(4,5)37-28-17-10-9-16-24(28)27-19-25(22-14-11-15-23(33)18-22)26(20-32)29(34-27)35-30(36)21-12-7-6-8-13-21/h6-19H,33H2,1-5H3,(H,34,35,36). The fraction of sp³-hybridized carbons (Fsp3) is 0.194. The second kappa shape index (κ2) is 10.5. The summed E-state index contributed by atoms with van der Waals surface area (Å²) < 4.78 is 6.69. The molecule has 192 valence electrons. The summed E-state index contributed by atoms with van der Waals surface area (Å²) >= 11 is 0. The maximum atomic E-state index is 13.1. The highest BCUT2D eigenvalue weighted by atomic mass is 28.4. The number of carbonyl (C=O) groups is 1. The number of hydrogen-bond donors (Lipinski definition) is 2. The van der Waals surface area contributed by atoms with Crippen LogP contribution in [0.2, 0.25) is 18.1 Å². The van der Waals surface area contributed by atoms with Crippen LogP contribution >= 0.6 is 0 Å². The van der Waals surface area contributed by atoms with Crippen LogP contribution in [-0.2, 0) is 0 Å². The Balaban J connectivity index is 1.91. The molecule has 0 radical (unpaired) electrons. The molecular weight excluding hydrogens is 488 g/mol. The highest BCUT2D eigenvalue weighted by Gasteiger charge is 2.39. The number of nitrogens with one attached hydrogen (secondary N) is 1. The summed E-state index contributed by atoms with van der Waals surface area (Å²) in [7, 11) is -2.16. The smallest absolute Gasteiger partial charge is 0.256 e. The number of hydrogen-bond acceptors (Lipinski definition) is 5. The second-order valence-electron chi connectivity index (χ2n) is 10.7. The lowest BCUT2D eigenvalue weighted by Crippen LogP contribution is -2.44. The Bertz CT molecular complexity index is 1520. The minimum absolute atomic E-state index is 0.000248. The molecule has 0 spiro atoms. The van der Waals surface area contributed by atoms with Crippen molar-refractivity contribution in [2.45, 2.75) is 38.9 Å².